The maximum Gasteiger partial charge on any atom is 0.325 e. The Bertz CT molecular complexity index is 712. The first-order chi connectivity index (χ1) is 12.1. The molecule has 0 radical (unpaired) electrons. The Morgan fingerprint density at radius 3 is 2.24 bits per heavy atom. The average molecular weight is 340 g/mol. The number of benzene rings is 1. The Hall–Kier alpha value is -3.05. The van der Waals surface area contributed by atoms with Crippen molar-refractivity contribution in [2.24, 2.45) is 5.41 Å². The third kappa shape index (κ3) is 4.96. The predicted octanol–water partition coefficient (Wildman–Crippen LogP) is 2.38. The van der Waals surface area contributed by atoms with Crippen molar-refractivity contribution >= 4 is 18.2 Å². The van der Waals surface area contributed by atoms with E-state index in [1.54, 1.807) is 38.1 Å². The second kappa shape index (κ2) is 9.95. The lowest BCUT2D eigenvalue weighted by atomic mass is 9.81. The molecular formula is C20H20O5. The third-order valence-corrected chi connectivity index (χ3v) is 3.44. The monoisotopic (exact) mass is 340 g/mol. The minimum atomic E-state index is -1.68. The quantitative estimate of drug-likeness (QED) is 0.330. The average Bonchev–Trinajstić information content (AvgIpc) is 2.61. The highest BCUT2D eigenvalue weighted by atomic mass is 16.6. The number of aldehydes is 1. The van der Waals surface area contributed by atoms with Crippen LogP contribution in [-0.4, -0.2) is 31.4 Å². The van der Waals surface area contributed by atoms with Gasteiger partial charge in [0.15, 0.2) is 11.7 Å². The molecule has 1 aromatic carbocycles. The van der Waals surface area contributed by atoms with E-state index in [0.717, 1.165) is 0 Å². The molecule has 0 fully saturated rings. The van der Waals surface area contributed by atoms with Crippen LogP contribution >= 0.6 is 0 Å². The fraction of sp³-hybridized carbons (Fsp3) is 0.350. The fourth-order valence-electron chi connectivity index (χ4n) is 2.15. The molecular weight excluding hydrogens is 320 g/mol. The van der Waals surface area contributed by atoms with E-state index in [0.29, 0.717) is 17.4 Å². The van der Waals surface area contributed by atoms with Gasteiger partial charge in [0.25, 0.3) is 0 Å². The number of esters is 2. The summed E-state index contributed by atoms with van der Waals surface area (Å²) in [6.07, 6.45) is 5.69. The van der Waals surface area contributed by atoms with E-state index in [1.807, 2.05) is 0 Å². The van der Waals surface area contributed by atoms with Gasteiger partial charge in [-0.1, -0.05) is 30.0 Å². The molecule has 0 spiro atoms. The van der Waals surface area contributed by atoms with Crippen molar-refractivity contribution in [3.05, 3.63) is 35.4 Å². The van der Waals surface area contributed by atoms with Crippen LogP contribution in [0.25, 0.3) is 0 Å². The number of terminal acetylenes is 1. The molecule has 25 heavy (non-hydrogen) atoms. The summed E-state index contributed by atoms with van der Waals surface area (Å²) < 4.78 is 10.0. The molecule has 0 N–H and O–H groups in total. The Kier molecular flexibility index (Phi) is 7.96. The van der Waals surface area contributed by atoms with Gasteiger partial charge in [-0.3, -0.25) is 14.4 Å². The summed E-state index contributed by atoms with van der Waals surface area (Å²) in [6.45, 7) is 3.48. The fourth-order valence-corrected chi connectivity index (χ4v) is 2.15. The summed E-state index contributed by atoms with van der Waals surface area (Å²) in [5.41, 5.74) is -0.756. The Balaban J connectivity index is 3.23. The summed E-state index contributed by atoms with van der Waals surface area (Å²) >= 11 is 0. The molecule has 0 saturated heterocycles. The molecule has 0 unspecified atom stereocenters. The zero-order valence-corrected chi connectivity index (χ0v) is 14.3. The summed E-state index contributed by atoms with van der Waals surface area (Å²) in [5.74, 6) is 6.39. The zero-order chi connectivity index (χ0) is 18.7. The van der Waals surface area contributed by atoms with Crippen LogP contribution in [0, 0.1) is 29.6 Å². The van der Waals surface area contributed by atoms with E-state index in [2.05, 4.69) is 17.8 Å². The number of carbonyl (C=O) groups excluding carboxylic acids is 3. The standard InChI is InChI=1S/C20H20O5/c1-4-13-20(18(22)24-5-2,19(23)25-6-3)14-9-12-16-10-7-8-11-17(16)15-21/h1,7-8,10-11,15H,5-6,13-14H2,2-3H3. The minimum Gasteiger partial charge on any atom is -0.465 e. The summed E-state index contributed by atoms with van der Waals surface area (Å²) in [7, 11) is 0. The first kappa shape index (κ1) is 20.0. The van der Waals surface area contributed by atoms with Gasteiger partial charge in [0.2, 0.25) is 0 Å². The van der Waals surface area contributed by atoms with Gasteiger partial charge in [0, 0.05) is 24.0 Å². The highest BCUT2D eigenvalue weighted by molar-refractivity contribution is 6.00. The SMILES string of the molecule is C#CCC(CC#Cc1ccccc1C=O)(C(=O)OCC)C(=O)OCC. The minimum absolute atomic E-state index is 0.103. The Morgan fingerprint density at radius 1 is 1.12 bits per heavy atom. The van der Waals surface area contributed by atoms with Gasteiger partial charge >= 0.3 is 11.9 Å². The molecule has 0 aliphatic carbocycles. The molecule has 1 rings (SSSR count). The highest BCUT2D eigenvalue weighted by Crippen LogP contribution is 2.30. The van der Waals surface area contributed by atoms with Crippen molar-refractivity contribution in [3.8, 4) is 24.2 Å². The van der Waals surface area contributed by atoms with Gasteiger partial charge in [0.1, 0.15) is 0 Å². The van der Waals surface area contributed by atoms with E-state index in [4.69, 9.17) is 15.9 Å². The van der Waals surface area contributed by atoms with Gasteiger partial charge in [0.05, 0.1) is 13.2 Å². The van der Waals surface area contributed by atoms with Crippen molar-refractivity contribution in [2.45, 2.75) is 26.7 Å². The lowest BCUT2D eigenvalue weighted by Crippen LogP contribution is -2.41. The van der Waals surface area contributed by atoms with Crippen LogP contribution in [-0.2, 0) is 19.1 Å². The second-order valence-corrected chi connectivity index (χ2v) is 5.09. The van der Waals surface area contributed by atoms with Crippen LogP contribution in [0.3, 0.4) is 0 Å². The topological polar surface area (TPSA) is 69.7 Å². The maximum atomic E-state index is 12.4. The van der Waals surface area contributed by atoms with Gasteiger partial charge < -0.3 is 9.47 Å². The van der Waals surface area contributed by atoms with Gasteiger partial charge in [-0.25, -0.2) is 0 Å². The van der Waals surface area contributed by atoms with E-state index >= 15 is 0 Å². The molecule has 0 aromatic heterocycles. The number of rotatable bonds is 7. The number of carbonyl (C=O) groups is 3. The van der Waals surface area contributed by atoms with Crippen molar-refractivity contribution in [1.82, 2.24) is 0 Å². The highest BCUT2D eigenvalue weighted by Gasteiger charge is 2.48. The van der Waals surface area contributed by atoms with Crippen LogP contribution in [0.5, 0.6) is 0 Å². The first-order valence-corrected chi connectivity index (χ1v) is 7.86. The van der Waals surface area contributed by atoms with Crippen molar-refractivity contribution in [1.29, 1.82) is 0 Å². The van der Waals surface area contributed by atoms with E-state index in [9.17, 15) is 14.4 Å². The predicted molar refractivity (Wildman–Crippen MR) is 92.5 cm³/mol. The summed E-state index contributed by atoms with van der Waals surface area (Å²) in [6, 6.07) is 6.76. The molecule has 1 aromatic rings. The first-order valence-electron chi connectivity index (χ1n) is 7.86. The smallest absolute Gasteiger partial charge is 0.325 e. The zero-order valence-electron chi connectivity index (χ0n) is 14.3. The maximum absolute atomic E-state index is 12.4. The van der Waals surface area contributed by atoms with Gasteiger partial charge in [-0.2, -0.15) is 0 Å². The van der Waals surface area contributed by atoms with E-state index in [1.165, 1.54) is 0 Å². The number of hydrogen-bond donors (Lipinski definition) is 0. The van der Waals surface area contributed by atoms with Crippen LogP contribution in [0.2, 0.25) is 0 Å². The summed E-state index contributed by atoms with van der Waals surface area (Å²) in [5, 5.41) is 0. The Labute approximate surface area is 147 Å². The molecule has 0 amide bonds. The summed E-state index contributed by atoms with van der Waals surface area (Å²) in [4.78, 5) is 35.8. The molecule has 0 saturated carbocycles. The van der Waals surface area contributed by atoms with E-state index < -0.39 is 17.4 Å². The molecule has 130 valence electrons. The normalized spacial score (nSPS) is 9.96. The third-order valence-electron chi connectivity index (χ3n) is 3.44. The molecule has 0 heterocycles. The van der Waals surface area contributed by atoms with Crippen molar-refractivity contribution in [3.63, 3.8) is 0 Å². The molecule has 5 heteroatoms. The largest absolute Gasteiger partial charge is 0.465 e. The second-order valence-electron chi connectivity index (χ2n) is 5.09. The molecule has 0 bridgehead atoms. The van der Waals surface area contributed by atoms with Gasteiger partial charge in [-0.05, 0) is 19.9 Å². The number of hydrogen-bond acceptors (Lipinski definition) is 5. The molecule has 5 nitrogen and oxygen atoms in total. The number of ether oxygens (including phenoxy) is 2. The molecule has 0 atom stereocenters. The van der Waals surface area contributed by atoms with Crippen molar-refractivity contribution in [2.75, 3.05) is 13.2 Å². The lowest BCUT2D eigenvalue weighted by molar-refractivity contribution is -0.171. The lowest BCUT2D eigenvalue weighted by Gasteiger charge is -2.25. The van der Waals surface area contributed by atoms with Crippen LogP contribution in [0.1, 0.15) is 42.6 Å². The molecule has 0 aliphatic heterocycles. The van der Waals surface area contributed by atoms with Gasteiger partial charge in [-0.15, -0.1) is 12.3 Å². The van der Waals surface area contributed by atoms with Crippen LogP contribution < -0.4 is 0 Å². The van der Waals surface area contributed by atoms with Crippen molar-refractivity contribution < 1.29 is 23.9 Å². The van der Waals surface area contributed by atoms with Crippen LogP contribution in [0.15, 0.2) is 24.3 Å². The molecule has 0 aliphatic rings. The van der Waals surface area contributed by atoms with E-state index in [-0.39, 0.29) is 26.1 Å². The van der Waals surface area contributed by atoms with Crippen LogP contribution in [0.4, 0.5) is 0 Å². The Morgan fingerprint density at radius 2 is 1.72 bits per heavy atom.